The standard InChI is InChI=1S/C9H9N4O6P/c14-12(15)7-2-3-8(9(6-7)13(16)17)11-10-4-1-5-19-20-18/h2-4,6,11H,1,5H2. The average molecular weight is 300 g/mol. The first-order valence-corrected chi connectivity index (χ1v) is 5.94. The predicted octanol–water partition coefficient (Wildman–Crippen LogP) is 2.51. The summed E-state index contributed by atoms with van der Waals surface area (Å²) in [6.45, 7) is 0.179. The number of rotatable bonds is 8. The Morgan fingerprint density at radius 3 is 2.70 bits per heavy atom. The molecule has 0 amide bonds. The first-order chi connectivity index (χ1) is 9.56. The molecule has 0 aromatic heterocycles. The van der Waals surface area contributed by atoms with Crippen LogP contribution in [-0.4, -0.2) is 22.7 Å². The molecule has 1 aromatic carbocycles. The minimum Gasteiger partial charge on any atom is -0.294 e. The molecule has 0 spiro atoms. The molecular weight excluding hydrogens is 291 g/mol. The number of hydrogen-bond acceptors (Lipinski definition) is 8. The molecule has 0 unspecified atom stereocenters. The van der Waals surface area contributed by atoms with Gasteiger partial charge in [-0.1, -0.05) is 0 Å². The molecule has 10 nitrogen and oxygen atoms in total. The Hall–Kier alpha value is -2.45. The lowest BCUT2D eigenvalue weighted by molar-refractivity contribution is -0.393. The summed E-state index contributed by atoms with van der Waals surface area (Å²) in [6, 6.07) is 3.17. The maximum atomic E-state index is 10.8. The van der Waals surface area contributed by atoms with E-state index in [0.29, 0.717) is 6.42 Å². The van der Waals surface area contributed by atoms with Crippen molar-refractivity contribution in [1.29, 1.82) is 0 Å². The summed E-state index contributed by atoms with van der Waals surface area (Å²) >= 11 is 0. The minimum atomic E-state index is -0.746. The van der Waals surface area contributed by atoms with Gasteiger partial charge in [-0.05, 0) is 6.07 Å². The quantitative estimate of drug-likeness (QED) is 0.256. The van der Waals surface area contributed by atoms with Crippen LogP contribution in [0.4, 0.5) is 17.1 Å². The van der Waals surface area contributed by atoms with Gasteiger partial charge in [-0.25, -0.2) is 4.57 Å². The Morgan fingerprint density at radius 2 is 2.10 bits per heavy atom. The van der Waals surface area contributed by atoms with E-state index in [4.69, 9.17) is 0 Å². The van der Waals surface area contributed by atoms with Gasteiger partial charge in [0.15, 0.2) is 0 Å². The molecule has 106 valence electrons. The molecule has 0 atom stereocenters. The lowest BCUT2D eigenvalue weighted by Gasteiger charge is -2.01. The molecule has 11 heteroatoms. The Bertz CT molecular complexity index is 549. The second-order valence-electron chi connectivity index (χ2n) is 3.34. The van der Waals surface area contributed by atoms with E-state index in [0.717, 1.165) is 12.1 Å². The molecule has 20 heavy (non-hydrogen) atoms. The lowest BCUT2D eigenvalue weighted by atomic mass is 10.2. The smallest absolute Gasteiger partial charge is 0.294 e. The molecular formula is C9H9N4O6P. The summed E-state index contributed by atoms with van der Waals surface area (Å²) in [4.78, 5) is 19.9. The van der Waals surface area contributed by atoms with Crippen LogP contribution >= 0.6 is 8.69 Å². The van der Waals surface area contributed by atoms with E-state index < -0.39 is 24.2 Å². The van der Waals surface area contributed by atoms with E-state index in [9.17, 15) is 24.8 Å². The van der Waals surface area contributed by atoms with Gasteiger partial charge in [0.05, 0.1) is 22.5 Å². The second-order valence-corrected chi connectivity index (χ2v) is 3.74. The lowest BCUT2D eigenvalue weighted by Crippen LogP contribution is -1.98. The zero-order valence-corrected chi connectivity index (χ0v) is 10.9. The normalized spacial score (nSPS) is 10.8. The topological polar surface area (TPSA) is 137 Å². The number of nitrogens with one attached hydrogen (secondary N) is 1. The van der Waals surface area contributed by atoms with Crippen LogP contribution in [0.15, 0.2) is 23.3 Å². The molecule has 0 fully saturated rings. The highest BCUT2D eigenvalue weighted by Gasteiger charge is 2.18. The summed E-state index contributed by atoms with van der Waals surface area (Å²) in [7, 11) is -0.435. The molecule has 0 saturated heterocycles. The number of anilines is 1. The third-order valence-corrected chi connectivity index (χ3v) is 2.34. The van der Waals surface area contributed by atoms with E-state index in [1.165, 1.54) is 12.3 Å². The van der Waals surface area contributed by atoms with Crippen molar-refractivity contribution >= 4 is 32.0 Å². The van der Waals surface area contributed by atoms with Gasteiger partial charge in [-0.15, -0.1) is 0 Å². The highest BCUT2D eigenvalue weighted by molar-refractivity contribution is 7.17. The van der Waals surface area contributed by atoms with Crippen LogP contribution in [0.25, 0.3) is 0 Å². The number of nitro benzene ring substituents is 2. The van der Waals surface area contributed by atoms with Gasteiger partial charge < -0.3 is 0 Å². The van der Waals surface area contributed by atoms with Crippen LogP contribution < -0.4 is 5.43 Å². The Balaban J connectivity index is 2.76. The van der Waals surface area contributed by atoms with Crippen molar-refractivity contribution in [2.75, 3.05) is 12.0 Å². The van der Waals surface area contributed by atoms with Crippen molar-refractivity contribution < 1.29 is 18.9 Å². The molecule has 0 bridgehead atoms. The van der Waals surface area contributed by atoms with Crippen molar-refractivity contribution in [2.45, 2.75) is 6.42 Å². The maximum absolute atomic E-state index is 10.8. The third kappa shape index (κ3) is 4.67. The van der Waals surface area contributed by atoms with E-state index in [-0.39, 0.29) is 18.0 Å². The summed E-state index contributed by atoms with van der Waals surface area (Å²) < 4.78 is 14.5. The fraction of sp³-hybridized carbons (Fsp3) is 0.222. The number of nitrogens with zero attached hydrogens (tertiary/aromatic N) is 3. The van der Waals surface area contributed by atoms with Crippen molar-refractivity contribution in [2.24, 2.45) is 5.10 Å². The van der Waals surface area contributed by atoms with Crippen LogP contribution in [0.2, 0.25) is 0 Å². The monoisotopic (exact) mass is 300 g/mol. The summed E-state index contributed by atoms with van der Waals surface area (Å²) in [5.74, 6) is 0. The summed E-state index contributed by atoms with van der Waals surface area (Å²) in [6.07, 6.45) is 1.72. The van der Waals surface area contributed by atoms with Crippen LogP contribution in [0.3, 0.4) is 0 Å². The first-order valence-electron chi connectivity index (χ1n) is 5.21. The number of hydrogen-bond donors (Lipinski definition) is 1. The van der Waals surface area contributed by atoms with Crippen LogP contribution in [0.1, 0.15) is 6.42 Å². The van der Waals surface area contributed by atoms with E-state index in [1.807, 2.05) is 0 Å². The maximum Gasteiger partial charge on any atom is 0.327 e. The molecule has 0 radical (unpaired) electrons. The van der Waals surface area contributed by atoms with Gasteiger partial charge in [0.2, 0.25) is 0 Å². The SMILES string of the molecule is O=POCCC=NNc1ccc([N+](=O)[O-])cc1[N+](=O)[O-]. The van der Waals surface area contributed by atoms with E-state index in [1.54, 1.807) is 0 Å². The van der Waals surface area contributed by atoms with Crippen molar-refractivity contribution in [3.05, 3.63) is 38.4 Å². The average Bonchev–Trinajstić information content (AvgIpc) is 2.42. The second kappa shape index (κ2) is 7.87. The summed E-state index contributed by atoms with van der Waals surface area (Å²) in [5.41, 5.74) is 1.60. The molecule has 0 saturated carbocycles. The van der Waals surface area contributed by atoms with Crippen LogP contribution in [0, 0.1) is 20.2 Å². The predicted molar refractivity (Wildman–Crippen MR) is 70.0 cm³/mol. The Morgan fingerprint density at radius 1 is 1.35 bits per heavy atom. The van der Waals surface area contributed by atoms with Gasteiger partial charge in [0.25, 0.3) is 5.69 Å². The van der Waals surface area contributed by atoms with Crippen molar-refractivity contribution in [1.82, 2.24) is 0 Å². The van der Waals surface area contributed by atoms with E-state index >= 15 is 0 Å². The third-order valence-electron chi connectivity index (χ3n) is 2.06. The number of non-ortho nitro benzene ring substituents is 1. The molecule has 0 aliphatic rings. The Labute approximate surface area is 114 Å². The van der Waals surface area contributed by atoms with Gasteiger partial charge >= 0.3 is 14.4 Å². The number of benzene rings is 1. The van der Waals surface area contributed by atoms with Crippen molar-refractivity contribution in [3.63, 3.8) is 0 Å². The molecule has 0 aliphatic heterocycles. The fourth-order valence-electron chi connectivity index (χ4n) is 1.20. The first kappa shape index (κ1) is 15.6. The van der Waals surface area contributed by atoms with E-state index in [2.05, 4.69) is 15.1 Å². The van der Waals surface area contributed by atoms with Crippen LogP contribution in [-0.2, 0) is 9.09 Å². The zero-order valence-electron chi connectivity index (χ0n) is 9.96. The van der Waals surface area contributed by atoms with Crippen molar-refractivity contribution in [3.8, 4) is 0 Å². The molecule has 1 N–H and O–H groups in total. The van der Waals surface area contributed by atoms with Gasteiger partial charge in [0.1, 0.15) is 5.69 Å². The highest BCUT2D eigenvalue weighted by Crippen LogP contribution is 2.28. The number of nitro groups is 2. The summed E-state index contributed by atoms with van der Waals surface area (Å²) in [5, 5.41) is 25.0. The van der Waals surface area contributed by atoms with Gasteiger partial charge in [-0.2, -0.15) is 5.10 Å². The van der Waals surface area contributed by atoms with Gasteiger partial charge in [-0.3, -0.25) is 30.2 Å². The molecule has 0 heterocycles. The Kier molecular flexibility index (Phi) is 6.14. The highest BCUT2D eigenvalue weighted by atomic mass is 31.1. The fourth-order valence-corrected chi connectivity index (χ4v) is 1.38. The van der Waals surface area contributed by atoms with Gasteiger partial charge in [0, 0.05) is 18.7 Å². The molecule has 1 rings (SSSR count). The number of hydrazone groups is 1. The van der Waals surface area contributed by atoms with Crippen LogP contribution in [0.5, 0.6) is 0 Å². The minimum absolute atomic E-state index is 0.0275. The molecule has 1 aromatic rings. The largest absolute Gasteiger partial charge is 0.327 e. The molecule has 0 aliphatic carbocycles. The zero-order chi connectivity index (χ0) is 15.0.